The number of allylic oxidation sites excluding steroid dienone is 1. The van der Waals surface area contributed by atoms with Crippen LogP contribution in [0.1, 0.15) is 40.0 Å². The molecule has 0 aromatic heterocycles. The summed E-state index contributed by atoms with van der Waals surface area (Å²) in [5, 5.41) is 0. The quantitative estimate of drug-likeness (QED) is 0.600. The van der Waals surface area contributed by atoms with Crippen LogP contribution >= 0.6 is 0 Å². The Kier molecular flexibility index (Phi) is 2.67. The first kappa shape index (κ1) is 10.2. The Bertz CT molecular complexity index is 247. The molecule has 0 bridgehead atoms. The number of hydrogen-bond acceptors (Lipinski definition) is 2. The highest BCUT2D eigenvalue weighted by molar-refractivity contribution is 5.25. The van der Waals surface area contributed by atoms with E-state index in [0.717, 1.165) is 13.2 Å². The molecule has 1 saturated heterocycles. The van der Waals surface area contributed by atoms with Crippen LogP contribution in [0, 0.1) is 5.41 Å². The molecule has 2 aliphatic rings. The standard InChI is InChI=1S/C12H20O2/c1-9-5-4-6-12(2,3)10(9)11-13-7-8-14-11/h11H,4-8H2,1-3H3. The lowest BCUT2D eigenvalue weighted by atomic mass is 9.72. The number of hydrogen-bond donors (Lipinski definition) is 0. The fraction of sp³-hybridized carbons (Fsp3) is 0.833. The Balaban J connectivity index is 2.27. The predicted octanol–water partition coefficient (Wildman–Crippen LogP) is 2.89. The molecule has 1 heterocycles. The van der Waals surface area contributed by atoms with Gasteiger partial charge in [0.15, 0.2) is 6.29 Å². The highest BCUT2D eigenvalue weighted by atomic mass is 16.7. The van der Waals surface area contributed by atoms with E-state index in [0.29, 0.717) is 0 Å². The molecule has 2 nitrogen and oxygen atoms in total. The molecule has 0 atom stereocenters. The van der Waals surface area contributed by atoms with E-state index < -0.39 is 0 Å². The van der Waals surface area contributed by atoms with Crippen molar-refractivity contribution >= 4 is 0 Å². The van der Waals surface area contributed by atoms with Crippen molar-refractivity contribution < 1.29 is 9.47 Å². The lowest BCUT2D eigenvalue weighted by Gasteiger charge is -2.36. The summed E-state index contributed by atoms with van der Waals surface area (Å²) in [5.41, 5.74) is 3.14. The van der Waals surface area contributed by atoms with E-state index in [4.69, 9.17) is 9.47 Å². The minimum atomic E-state index is -0.0506. The summed E-state index contributed by atoms with van der Waals surface area (Å²) in [4.78, 5) is 0. The second-order valence-corrected chi connectivity index (χ2v) is 5.00. The van der Waals surface area contributed by atoms with Crippen LogP contribution in [0.3, 0.4) is 0 Å². The van der Waals surface area contributed by atoms with Crippen molar-refractivity contribution in [2.24, 2.45) is 5.41 Å². The maximum atomic E-state index is 5.62. The van der Waals surface area contributed by atoms with Gasteiger partial charge in [0.1, 0.15) is 0 Å². The van der Waals surface area contributed by atoms with Crippen molar-refractivity contribution in [3.63, 3.8) is 0 Å². The Hall–Kier alpha value is -0.340. The van der Waals surface area contributed by atoms with Gasteiger partial charge in [-0.1, -0.05) is 19.4 Å². The first-order chi connectivity index (χ1) is 6.61. The van der Waals surface area contributed by atoms with Gasteiger partial charge >= 0.3 is 0 Å². The molecule has 0 aromatic rings. The van der Waals surface area contributed by atoms with E-state index in [-0.39, 0.29) is 11.7 Å². The van der Waals surface area contributed by atoms with Gasteiger partial charge in [0.2, 0.25) is 0 Å². The van der Waals surface area contributed by atoms with Gasteiger partial charge < -0.3 is 9.47 Å². The Labute approximate surface area is 86.3 Å². The van der Waals surface area contributed by atoms with Gasteiger partial charge in [-0.25, -0.2) is 0 Å². The van der Waals surface area contributed by atoms with E-state index in [1.54, 1.807) is 0 Å². The SMILES string of the molecule is CC1=C(C2OCCO2)C(C)(C)CCC1. The van der Waals surface area contributed by atoms with Crippen LogP contribution in [-0.4, -0.2) is 19.5 Å². The summed E-state index contributed by atoms with van der Waals surface area (Å²) >= 11 is 0. The molecule has 0 spiro atoms. The van der Waals surface area contributed by atoms with Crippen LogP contribution in [0.5, 0.6) is 0 Å². The van der Waals surface area contributed by atoms with Crippen LogP contribution in [0.25, 0.3) is 0 Å². The van der Waals surface area contributed by atoms with E-state index in [1.165, 1.54) is 30.4 Å². The average molecular weight is 196 g/mol. The van der Waals surface area contributed by atoms with Crippen molar-refractivity contribution in [1.82, 2.24) is 0 Å². The minimum absolute atomic E-state index is 0.0506. The molecular formula is C12H20O2. The van der Waals surface area contributed by atoms with Crippen molar-refractivity contribution in [1.29, 1.82) is 0 Å². The molecule has 1 fully saturated rings. The summed E-state index contributed by atoms with van der Waals surface area (Å²) < 4.78 is 11.2. The second-order valence-electron chi connectivity index (χ2n) is 5.00. The molecule has 80 valence electrons. The minimum Gasteiger partial charge on any atom is -0.346 e. The van der Waals surface area contributed by atoms with Gasteiger partial charge in [-0.3, -0.25) is 0 Å². The molecule has 14 heavy (non-hydrogen) atoms. The van der Waals surface area contributed by atoms with Crippen LogP contribution in [0.15, 0.2) is 11.1 Å². The summed E-state index contributed by atoms with van der Waals surface area (Å²) in [6, 6.07) is 0. The fourth-order valence-electron chi connectivity index (χ4n) is 2.69. The molecule has 0 amide bonds. The zero-order chi connectivity index (χ0) is 10.2. The molecule has 1 aliphatic heterocycles. The number of ether oxygens (including phenoxy) is 2. The predicted molar refractivity (Wildman–Crippen MR) is 56.0 cm³/mol. The third-order valence-electron chi connectivity index (χ3n) is 3.40. The molecule has 0 aromatic carbocycles. The zero-order valence-electron chi connectivity index (χ0n) is 9.43. The molecule has 2 heteroatoms. The maximum Gasteiger partial charge on any atom is 0.180 e. The van der Waals surface area contributed by atoms with Gasteiger partial charge in [0.05, 0.1) is 13.2 Å². The van der Waals surface area contributed by atoms with Crippen molar-refractivity contribution in [3.05, 3.63) is 11.1 Å². The smallest absolute Gasteiger partial charge is 0.180 e. The van der Waals surface area contributed by atoms with Crippen molar-refractivity contribution in [3.8, 4) is 0 Å². The van der Waals surface area contributed by atoms with Crippen LogP contribution in [0.4, 0.5) is 0 Å². The first-order valence-corrected chi connectivity index (χ1v) is 5.54. The highest BCUT2D eigenvalue weighted by Gasteiger charge is 2.36. The third kappa shape index (κ3) is 1.73. The zero-order valence-corrected chi connectivity index (χ0v) is 9.43. The van der Waals surface area contributed by atoms with Crippen molar-refractivity contribution in [2.45, 2.75) is 46.3 Å². The van der Waals surface area contributed by atoms with E-state index >= 15 is 0 Å². The molecular weight excluding hydrogens is 176 g/mol. The maximum absolute atomic E-state index is 5.62. The third-order valence-corrected chi connectivity index (χ3v) is 3.40. The topological polar surface area (TPSA) is 18.5 Å². The lowest BCUT2D eigenvalue weighted by molar-refractivity contribution is -0.0277. The normalized spacial score (nSPS) is 28.5. The summed E-state index contributed by atoms with van der Waals surface area (Å²) in [7, 11) is 0. The van der Waals surface area contributed by atoms with E-state index in [1.807, 2.05) is 0 Å². The lowest BCUT2D eigenvalue weighted by Crippen LogP contribution is -2.29. The summed E-state index contributed by atoms with van der Waals surface area (Å²) in [6.45, 7) is 8.32. The second kappa shape index (κ2) is 3.67. The Morgan fingerprint density at radius 3 is 2.43 bits per heavy atom. The molecule has 0 saturated carbocycles. The molecule has 0 N–H and O–H groups in total. The average Bonchev–Trinajstić information content (AvgIpc) is 2.55. The summed E-state index contributed by atoms with van der Waals surface area (Å²) in [5.74, 6) is 0. The Morgan fingerprint density at radius 1 is 1.21 bits per heavy atom. The number of rotatable bonds is 1. The highest BCUT2D eigenvalue weighted by Crippen LogP contribution is 2.43. The monoisotopic (exact) mass is 196 g/mol. The van der Waals surface area contributed by atoms with Crippen LogP contribution in [0.2, 0.25) is 0 Å². The first-order valence-electron chi connectivity index (χ1n) is 5.54. The largest absolute Gasteiger partial charge is 0.346 e. The van der Waals surface area contributed by atoms with Gasteiger partial charge in [-0.2, -0.15) is 0 Å². The summed E-state index contributed by atoms with van der Waals surface area (Å²) in [6.07, 6.45) is 3.71. The molecule has 1 aliphatic carbocycles. The van der Waals surface area contributed by atoms with Gasteiger partial charge in [-0.05, 0) is 37.2 Å². The van der Waals surface area contributed by atoms with Crippen LogP contribution in [-0.2, 0) is 9.47 Å². The molecule has 2 rings (SSSR count). The van der Waals surface area contributed by atoms with E-state index in [9.17, 15) is 0 Å². The fourth-order valence-corrected chi connectivity index (χ4v) is 2.69. The van der Waals surface area contributed by atoms with E-state index in [2.05, 4.69) is 20.8 Å². The van der Waals surface area contributed by atoms with Gasteiger partial charge in [0.25, 0.3) is 0 Å². The van der Waals surface area contributed by atoms with Crippen LogP contribution < -0.4 is 0 Å². The molecule has 0 radical (unpaired) electrons. The molecule has 0 unspecified atom stereocenters. The van der Waals surface area contributed by atoms with Gasteiger partial charge in [0, 0.05) is 0 Å². The van der Waals surface area contributed by atoms with Crippen molar-refractivity contribution in [2.75, 3.05) is 13.2 Å². The Morgan fingerprint density at radius 2 is 1.86 bits per heavy atom. The van der Waals surface area contributed by atoms with Gasteiger partial charge in [-0.15, -0.1) is 0 Å².